The maximum atomic E-state index is 12.5. The number of amides is 1. The van der Waals surface area contributed by atoms with Gasteiger partial charge in [-0.1, -0.05) is 0 Å². The SMILES string of the molecule is O=C1N(I)C(CO)CC1(F)F. The number of aliphatic hydroxyl groups excluding tert-OH is 1. The molecule has 1 atom stereocenters. The van der Waals surface area contributed by atoms with Crippen LogP contribution in [0, 0.1) is 0 Å². The molecule has 1 unspecified atom stereocenters. The third-order valence-electron chi connectivity index (χ3n) is 1.53. The number of halogens is 3. The molecule has 11 heavy (non-hydrogen) atoms. The molecule has 1 aliphatic rings. The standard InChI is InChI=1S/C5H6F2INO2/c6-5(7)1-3(2-10)9(8)4(5)11/h3,10H,1-2H2. The monoisotopic (exact) mass is 277 g/mol. The lowest BCUT2D eigenvalue weighted by Gasteiger charge is -2.11. The van der Waals surface area contributed by atoms with Gasteiger partial charge in [-0.2, -0.15) is 8.78 Å². The second-order valence-electron chi connectivity index (χ2n) is 2.36. The van der Waals surface area contributed by atoms with Crippen LogP contribution in [-0.2, 0) is 4.79 Å². The molecule has 1 fully saturated rings. The van der Waals surface area contributed by atoms with Crippen LogP contribution in [0.2, 0.25) is 0 Å². The predicted molar refractivity (Wildman–Crippen MR) is 41.3 cm³/mol. The van der Waals surface area contributed by atoms with Crippen molar-refractivity contribution in [2.45, 2.75) is 18.4 Å². The fourth-order valence-corrected chi connectivity index (χ4v) is 1.65. The van der Waals surface area contributed by atoms with Gasteiger partial charge in [-0.05, 0) is 0 Å². The summed E-state index contributed by atoms with van der Waals surface area (Å²) in [5, 5.41) is 8.55. The third-order valence-corrected chi connectivity index (χ3v) is 2.76. The summed E-state index contributed by atoms with van der Waals surface area (Å²) in [6.07, 6.45) is -0.578. The van der Waals surface area contributed by atoms with Gasteiger partial charge in [0.05, 0.1) is 35.5 Å². The highest BCUT2D eigenvalue weighted by Gasteiger charge is 2.52. The number of alkyl halides is 2. The lowest BCUT2D eigenvalue weighted by atomic mass is 10.2. The molecule has 0 aromatic rings. The van der Waals surface area contributed by atoms with Crippen molar-refractivity contribution >= 4 is 28.8 Å². The Kier molecular flexibility index (Phi) is 2.33. The molecule has 64 valence electrons. The average Bonchev–Trinajstić information content (AvgIpc) is 2.13. The van der Waals surface area contributed by atoms with Gasteiger partial charge in [0.25, 0.3) is 0 Å². The van der Waals surface area contributed by atoms with Crippen LogP contribution in [-0.4, -0.2) is 32.7 Å². The molecule has 1 heterocycles. The summed E-state index contributed by atoms with van der Waals surface area (Å²) in [5.41, 5.74) is 0. The Bertz CT molecular complexity index is 187. The highest BCUT2D eigenvalue weighted by Crippen LogP contribution is 2.35. The molecule has 1 N–H and O–H groups in total. The molecular weight excluding hydrogens is 271 g/mol. The van der Waals surface area contributed by atoms with Crippen molar-refractivity contribution in [2.75, 3.05) is 6.61 Å². The van der Waals surface area contributed by atoms with E-state index in [0.717, 1.165) is 3.11 Å². The Morgan fingerprint density at radius 1 is 1.82 bits per heavy atom. The summed E-state index contributed by atoms with van der Waals surface area (Å²) >= 11 is 1.49. The van der Waals surface area contributed by atoms with Gasteiger partial charge in [0, 0.05) is 6.42 Å². The van der Waals surface area contributed by atoms with Crippen molar-refractivity contribution in [3.63, 3.8) is 0 Å². The first-order valence-corrected chi connectivity index (χ1v) is 3.93. The molecule has 0 aromatic heterocycles. The van der Waals surface area contributed by atoms with E-state index in [9.17, 15) is 13.6 Å². The number of hydrogen-bond donors (Lipinski definition) is 1. The van der Waals surface area contributed by atoms with Gasteiger partial charge >= 0.3 is 11.8 Å². The maximum absolute atomic E-state index is 12.5. The van der Waals surface area contributed by atoms with E-state index in [1.165, 1.54) is 22.9 Å². The van der Waals surface area contributed by atoms with Crippen LogP contribution in [0.5, 0.6) is 0 Å². The lowest BCUT2D eigenvalue weighted by molar-refractivity contribution is -0.143. The Labute approximate surface area is 75.9 Å². The van der Waals surface area contributed by atoms with E-state index in [1.807, 2.05) is 0 Å². The first-order valence-electron chi connectivity index (χ1n) is 2.97. The summed E-state index contributed by atoms with van der Waals surface area (Å²) in [5.74, 6) is -4.49. The molecule has 1 aliphatic heterocycles. The molecule has 0 aliphatic carbocycles. The summed E-state index contributed by atoms with van der Waals surface area (Å²) in [6, 6.07) is -0.738. The minimum atomic E-state index is -3.28. The van der Waals surface area contributed by atoms with Gasteiger partial charge in [0.1, 0.15) is 0 Å². The zero-order chi connectivity index (χ0) is 8.65. The fraction of sp³-hybridized carbons (Fsp3) is 0.800. The number of carbonyl (C=O) groups excluding carboxylic acids is 1. The largest absolute Gasteiger partial charge is 0.394 e. The molecule has 0 bridgehead atoms. The van der Waals surface area contributed by atoms with Crippen molar-refractivity contribution in [2.24, 2.45) is 0 Å². The fourth-order valence-electron chi connectivity index (χ4n) is 0.922. The number of nitrogens with zero attached hydrogens (tertiary/aromatic N) is 1. The molecular formula is C5H6F2INO2. The Hall–Kier alpha value is 0.0200. The smallest absolute Gasteiger partial charge is 0.327 e. The maximum Gasteiger partial charge on any atom is 0.327 e. The van der Waals surface area contributed by atoms with Gasteiger partial charge in [-0.15, -0.1) is 0 Å². The normalized spacial score (nSPS) is 29.6. The van der Waals surface area contributed by atoms with Crippen LogP contribution in [0.1, 0.15) is 6.42 Å². The third kappa shape index (κ3) is 1.46. The van der Waals surface area contributed by atoms with E-state index in [-0.39, 0.29) is 0 Å². The molecule has 1 amide bonds. The van der Waals surface area contributed by atoms with Crippen molar-refractivity contribution in [3.8, 4) is 0 Å². The van der Waals surface area contributed by atoms with Gasteiger partial charge in [0.15, 0.2) is 0 Å². The minimum absolute atomic E-state index is 0.412. The van der Waals surface area contributed by atoms with Gasteiger partial charge in [0.2, 0.25) is 0 Å². The topological polar surface area (TPSA) is 40.5 Å². The average molecular weight is 277 g/mol. The molecule has 1 saturated heterocycles. The number of hydrogen-bond acceptors (Lipinski definition) is 2. The van der Waals surface area contributed by atoms with Crippen LogP contribution in [0.4, 0.5) is 8.78 Å². The van der Waals surface area contributed by atoms with Crippen LogP contribution >= 0.6 is 22.9 Å². The van der Waals surface area contributed by atoms with E-state index >= 15 is 0 Å². The van der Waals surface area contributed by atoms with Gasteiger partial charge < -0.3 is 5.11 Å². The van der Waals surface area contributed by atoms with Crippen molar-refractivity contribution in [3.05, 3.63) is 0 Å². The minimum Gasteiger partial charge on any atom is -0.394 e. The van der Waals surface area contributed by atoms with Crippen molar-refractivity contribution in [1.82, 2.24) is 3.11 Å². The Morgan fingerprint density at radius 3 is 2.55 bits per heavy atom. The summed E-state index contributed by atoms with van der Waals surface area (Å²) in [6.45, 7) is -0.412. The first kappa shape index (κ1) is 9.11. The molecule has 0 aromatic carbocycles. The molecule has 0 spiro atoms. The van der Waals surface area contributed by atoms with Crippen LogP contribution in [0.25, 0.3) is 0 Å². The van der Waals surface area contributed by atoms with Crippen LogP contribution in [0.15, 0.2) is 0 Å². The molecule has 0 radical (unpaired) electrons. The Morgan fingerprint density at radius 2 is 2.36 bits per heavy atom. The zero-order valence-electron chi connectivity index (χ0n) is 5.43. The number of rotatable bonds is 1. The van der Waals surface area contributed by atoms with E-state index in [0.29, 0.717) is 0 Å². The quantitative estimate of drug-likeness (QED) is 0.562. The summed E-state index contributed by atoms with van der Waals surface area (Å²) in [7, 11) is 0. The van der Waals surface area contributed by atoms with Gasteiger partial charge in [-0.3, -0.25) is 7.91 Å². The van der Waals surface area contributed by atoms with E-state index in [1.54, 1.807) is 0 Å². The number of aliphatic hydroxyl groups is 1. The van der Waals surface area contributed by atoms with Crippen molar-refractivity contribution in [1.29, 1.82) is 0 Å². The Balaban J connectivity index is 2.77. The highest BCUT2D eigenvalue weighted by atomic mass is 127. The zero-order valence-corrected chi connectivity index (χ0v) is 7.59. The molecule has 0 saturated carbocycles. The molecule has 1 rings (SSSR count). The first-order chi connectivity index (χ1) is 4.99. The summed E-state index contributed by atoms with van der Waals surface area (Å²) < 4.78 is 25.9. The molecule has 3 nitrogen and oxygen atoms in total. The second kappa shape index (κ2) is 2.81. The van der Waals surface area contributed by atoms with E-state index in [2.05, 4.69) is 0 Å². The van der Waals surface area contributed by atoms with Gasteiger partial charge in [-0.25, -0.2) is 0 Å². The van der Waals surface area contributed by atoms with E-state index in [4.69, 9.17) is 5.11 Å². The molecule has 6 heteroatoms. The number of carbonyl (C=O) groups is 1. The highest BCUT2D eigenvalue weighted by molar-refractivity contribution is 14.1. The van der Waals surface area contributed by atoms with E-state index < -0.39 is 30.9 Å². The predicted octanol–water partition coefficient (Wildman–Crippen LogP) is 0.565. The van der Waals surface area contributed by atoms with Crippen molar-refractivity contribution < 1.29 is 18.7 Å². The second-order valence-corrected chi connectivity index (χ2v) is 3.40. The summed E-state index contributed by atoms with van der Waals surface area (Å²) in [4.78, 5) is 10.7. The van der Waals surface area contributed by atoms with Crippen LogP contribution in [0.3, 0.4) is 0 Å². The van der Waals surface area contributed by atoms with Crippen LogP contribution < -0.4 is 0 Å². The lowest BCUT2D eigenvalue weighted by Crippen LogP contribution is -2.29.